The zero-order valence-electron chi connectivity index (χ0n) is 33.1. The number of nitrogens with one attached hydrogen (secondary N) is 3. The summed E-state index contributed by atoms with van der Waals surface area (Å²) < 4.78 is 12.2. The largest absolute Gasteiger partial charge is 0.497 e. The molecule has 0 radical (unpaired) electrons. The number of hydrogen-bond donors (Lipinski definition) is 5. The summed E-state index contributed by atoms with van der Waals surface area (Å²) >= 11 is 0. The van der Waals surface area contributed by atoms with Crippen LogP contribution in [0, 0.1) is 5.92 Å². The third-order valence-corrected chi connectivity index (χ3v) is 11.9. The molecular formula is C47H47N5O8. The van der Waals surface area contributed by atoms with Crippen molar-refractivity contribution in [3.8, 4) is 22.8 Å². The number of amides is 4. The van der Waals surface area contributed by atoms with Gasteiger partial charge in [0.05, 0.1) is 37.0 Å². The maximum absolute atomic E-state index is 14.5. The molecule has 7 atom stereocenters. The smallest absolute Gasteiger partial charge is 0.330 e. The minimum atomic E-state index is -1.54. The predicted octanol–water partition coefficient (Wildman–Crippen LogP) is 5.36. The number of likely N-dealkylation sites (tertiary alicyclic amines) is 1. The molecule has 5 N–H and O–H groups in total. The number of aliphatic hydroxyl groups is 1. The van der Waals surface area contributed by atoms with Gasteiger partial charge in [0, 0.05) is 41.8 Å². The van der Waals surface area contributed by atoms with Crippen LogP contribution in [0.2, 0.25) is 0 Å². The second kappa shape index (κ2) is 16.9. The van der Waals surface area contributed by atoms with Crippen LogP contribution in [-0.4, -0.2) is 87.4 Å². The fourth-order valence-electron chi connectivity index (χ4n) is 8.47. The fraction of sp³-hybridized carbons (Fsp3) is 0.298. The van der Waals surface area contributed by atoms with Gasteiger partial charge in [-0.15, -0.1) is 6.58 Å². The van der Waals surface area contributed by atoms with E-state index in [0.29, 0.717) is 40.9 Å². The second-order valence-electron chi connectivity index (χ2n) is 15.7. The Morgan fingerprint density at radius 1 is 0.983 bits per heavy atom. The Morgan fingerprint density at radius 2 is 1.72 bits per heavy atom. The highest BCUT2D eigenvalue weighted by Crippen LogP contribution is 2.45. The lowest BCUT2D eigenvalue weighted by Crippen LogP contribution is -2.57. The van der Waals surface area contributed by atoms with Crippen LogP contribution in [0.5, 0.6) is 11.5 Å². The lowest BCUT2D eigenvalue weighted by atomic mass is 10.0. The number of aromatic nitrogens is 1. The molecule has 0 bridgehead atoms. The number of methoxy groups -OCH3 is 1. The van der Waals surface area contributed by atoms with Crippen molar-refractivity contribution < 1.29 is 38.9 Å². The number of pyridine rings is 1. The van der Waals surface area contributed by atoms with Crippen molar-refractivity contribution in [1.82, 2.24) is 25.8 Å². The van der Waals surface area contributed by atoms with Crippen LogP contribution in [0.4, 0.5) is 4.79 Å². The van der Waals surface area contributed by atoms with Crippen molar-refractivity contribution in [3.05, 3.63) is 139 Å². The summed E-state index contributed by atoms with van der Waals surface area (Å²) in [5, 5.41) is 30.4. The molecule has 0 spiro atoms. The highest BCUT2D eigenvalue weighted by molar-refractivity contribution is 5.95. The maximum Gasteiger partial charge on any atom is 0.330 e. The number of nitrogens with zero attached hydrogens (tertiary/aromatic N) is 2. The number of aliphatic carboxylic acids is 1. The Balaban J connectivity index is 1.09. The number of carbonyl (C=O) groups excluding carboxylic acids is 3. The molecule has 2 heterocycles. The average Bonchev–Trinajstić information content (AvgIpc) is 3.68. The van der Waals surface area contributed by atoms with Crippen molar-refractivity contribution >= 4 is 34.7 Å². The molecule has 13 heteroatoms. The van der Waals surface area contributed by atoms with Crippen molar-refractivity contribution in [1.29, 1.82) is 0 Å². The van der Waals surface area contributed by atoms with Crippen LogP contribution in [-0.2, 0) is 27.2 Å². The third kappa shape index (κ3) is 8.13. The fourth-order valence-corrected chi connectivity index (χ4v) is 8.47. The molecule has 1 aromatic heterocycles. The molecule has 308 valence electrons. The number of fused-ring (bicyclic) bond motifs is 2. The summed E-state index contributed by atoms with van der Waals surface area (Å²) in [5.41, 5.74) is 3.27. The van der Waals surface area contributed by atoms with Crippen LogP contribution in [0.15, 0.2) is 122 Å². The van der Waals surface area contributed by atoms with E-state index in [1.807, 2.05) is 97.1 Å². The summed E-state index contributed by atoms with van der Waals surface area (Å²) in [4.78, 5) is 61.5. The normalized spacial score (nSPS) is 23.2. The summed E-state index contributed by atoms with van der Waals surface area (Å²) in [7, 11) is 1.57. The number of rotatable bonds is 14. The number of carboxylic acids is 1. The van der Waals surface area contributed by atoms with Gasteiger partial charge < -0.3 is 40.5 Å². The van der Waals surface area contributed by atoms with Crippen molar-refractivity contribution in [3.63, 3.8) is 0 Å². The monoisotopic (exact) mass is 809 g/mol. The van der Waals surface area contributed by atoms with Gasteiger partial charge in [0.25, 0.3) is 0 Å². The number of urea groups is 1. The minimum absolute atomic E-state index is 0.0281. The average molecular weight is 810 g/mol. The van der Waals surface area contributed by atoms with Gasteiger partial charge in [-0.3, -0.25) is 9.59 Å². The number of ether oxygens (including phenoxy) is 2. The number of aliphatic hydroxyl groups excluding tert-OH is 1. The van der Waals surface area contributed by atoms with Gasteiger partial charge in [0.15, 0.2) is 0 Å². The van der Waals surface area contributed by atoms with Gasteiger partial charge in [0.1, 0.15) is 35.2 Å². The molecular weight excluding hydrogens is 763 g/mol. The Kier molecular flexibility index (Phi) is 11.3. The van der Waals surface area contributed by atoms with E-state index in [-0.39, 0.29) is 25.8 Å². The molecule has 2 fully saturated rings. The zero-order valence-corrected chi connectivity index (χ0v) is 33.1. The third-order valence-electron chi connectivity index (χ3n) is 11.9. The summed E-state index contributed by atoms with van der Waals surface area (Å²) in [6.07, 6.45) is 1.18. The van der Waals surface area contributed by atoms with Gasteiger partial charge in [0.2, 0.25) is 11.8 Å². The highest BCUT2D eigenvalue weighted by Gasteiger charge is 2.61. The predicted molar refractivity (Wildman–Crippen MR) is 224 cm³/mol. The van der Waals surface area contributed by atoms with E-state index in [1.54, 1.807) is 19.2 Å². The molecule has 60 heavy (non-hydrogen) atoms. The van der Waals surface area contributed by atoms with Crippen LogP contribution in [0.1, 0.15) is 42.0 Å². The van der Waals surface area contributed by atoms with Gasteiger partial charge in [-0.25, -0.2) is 14.6 Å². The van der Waals surface area contributed by atoms with E-state index in [4.69, 9.17) is 14.5 Å². The van der Waals surface area contributed by atoms with E-state index >= 15 is 0 Å². The zero-order chi connectivity index (χ0) is 42.0. The van der Waals surface area contributed by atoms with Crippen molar-refractivity contribution in [2.45, 2.75) is 68.0 Å². The van der Waals surface area contributed by atoms with E-state index < -0.39 is 65.6 Å². The lowest BCUT2D eigenvalue weighted by Gasteiger charge is -2.29. The molecule has 13 nitrogen and oxygen atoms in total. The maximum atomic E-state index is 14.5. The van der Waals surface area contributed by atoms with E-state index in [9.17, 15) is 29.4 Å². The SMILES string of the molecule is C=C[C@@H]1C[C@]1(NC(=O)[C@@H]1C[C@@H](Oc2cc(-c3ccccc3)nc3cc(OC)ccc23)CN1C(=O)NC(CCc1ccccc1)C(=O)N[C@H]1c2ccccc2C[C@H]1O)C(=O)O. The van der Waals surface area contributed by atoms with Crippen LogP contribution < -0.4 is 25.4 Å². The molecule has 1 unspecified atom stereocenters. The Morgan fingerprint density at radius 3 is 2.43 bits per heavy atom. The van der Waals surface area contributed by atoms with Gasteiger partial charge in [-0.05, 0) is 48.1 Å². The number of hydrogen-bond acceptors (Lipinski definition) is 8. The highest BCUT2D eigenvalue weighted by atomic mass is 16.5. The topological polar surface area (TPSA) is 179 Å². The minimum Gasteiger partial charge on any atom is -0.497 e. The second-order valence-corrected chi connectivity index (χ2v) is 15.7. The first-order valence-electron chi connectivity index (χ1n) is 20.1. The number of carboxylic acid groups (broad SMARTS) is 1. The molecule has 1 saturated heterocycles. The van der Waals surface area contributed by atoms with Gasteiger partial charge in [-0.2, -0.15) is 0 Å². The summed E-state index contributed by atoms with van der Waals surface area (Å²) in [6.45, 7) is 3.68. The van der Waals surface area contributed by atoms with Crippen molar-refractivity contribution in [2.24, 2.45) is 5.92 Å². The summed E-state index contributed by atoms with van der Waals surface area (Å²) in [6, 6.07) is 30.3. The lowest BCUT2D eigenvalue weighted by molar-refractivity contribution is -0.144. The summed E-state index contributed by atoms with van der Waals surface area (Å²) in [5.74, 6) is -1.74. The molecule has 1 saturated carbocycles. The quantitative estimate of drug-likeness (QED) is 0.0924. The van der Waals surface area contributed by atoms with Gasteiger partial charge in [-0.1, -0.05) is 91.0 Å². The molecule has 8 rings (SSSR count). The first-order chi connectivity index (χ1) is 29.1. The Hall–Kier alpha value is -6.73. The molecule has 1 aliphatic heterocycles. The van der Waals surface area contributed by atoms with Gasteiger partial charge >= 0.3 is 12.0 Å². The van der Waals surface area contributed by atoms with Crippen LogP contribution >= 0.6 is 0 Å². The van der Waals surface area contributed by atoms with Crippen LogP contribution in [0.3, 0.4) is 0 Å². The number of benzene rings is 4. The Labute approximate surface area is 347 Å². The molecule has 5 aromatic rings. The van der Waals surface area contributed by atoms with E-state index in [0.717, 1.165) is 22.3 Å². The number of aryl methyl sites for hydroxylation is 1. The molecule has 3 aliphatic rings. The van der Waals surface area contributed by atoms with E-state index in [1.165, 1.54) is 11.0 Å². The first-order valence-corrected chi connectivity index (χ1v) is 20.1. The number of carbonyl (C=O) groups is 4. The first kappa shape index (κ1) is 40.1. The standard InChI is InChI=1S/C47H47N5O8/c1-3-31-26-47(31,45(56)57)51-44(55)39-24-33(60-41-25-37(29-14-8-5-9-15-29)48-38-23-32(59-2)19-20-35(38)41)27-52(39)46(58)49-36(21-18-28-12-6-4-7-13-28)43(54)50-42-34-17-11-10-16-30(34)22-40(42)53/h3-17,19-20,23,25,31,33,36,39-40,42,53H,1,18,21-22,24,26-27H2,2H3,(H,49,58)(H,50,54)(H,51,55)(H,56,57)/t31-,33-,36?,39+,40-,42+,47-/m1/s1. The van der Waals surface area contributed by atoms with E-state index in [2.05, 4.69) is 22.5 Å². The molecule has 4 aromatic carbocycles. The van der Waals surface area contributed by atoms with Crippen molar-refractivity contribution in [2.75, 3.05) is 13.7 Å². The molecule has 4 amide bonds. The molecule has 2 aliphatic carbocycles. The van der Waals surface area contributed by atoms with Crippen LogP contribution in [0.25, 0.3) is 22.2 Å². The Bertz CT molecular complexity index is 2430.